The SMILES string of the molecule is CC1CNC(C(=O)N2CCCC2)CN1. The summed E-state index contributed by atoms with van der Waals surface area (Å²) in [5, 5.41) is 6.62. The van der Waals surface area contributed by atoms with E-state index in [2.05, 4.69) is 17.6 Å². The smallest absolute Gasteiger partial charge is 0.241 e. The molecule has 14 heavy (non-hydrogen) atoms. The molecule has 0 spiro atoms. The van der Waals surface area contributed by atoms with Gasteiger partial charge >= 0.3 is 0 Å². The summed E-state index contributed by atoms with van der Waals surface area (Å²) >= 11 is 0. The zero-order chi connectivity index (χ0) is 9.97. The molecule has 2 N–H and O–H groups in total. The van der Waals surface area contributed by atoms with E-state index in [0.717, 1.165) is 26.2 Å². The normalized spacial score (nSPS) is 33.4. The molecule has 2 saturated heterocycles. The lowest BCUT2D eigenvalue weighted by Crippen LogP contribution is -2.59. The predicted octanol–water partition coefficient (Wildman–Crippen LogP) is -0.441. The van der Waals surface area contributed by atoms with E-state index >= 15 is 0 Å². The molecule has 0 bridgehead atoms. The Hall–Kier alpha value is -0.610. The first-order valence-electron chi connectivity index (χ1n) is 5.53. The molecule has 0 aromatic rings. The van der Waals surface area contributed by atoms with Crippen molar-refractivity contribution in [3.05, 3.63) is 0 Å². The number of nitrogens with zero attached hydrogens (tertiary/aromatic N) is 1. The van der Waals surface area contributed by atoms with Gasteiger partial charge in [0, 0.05) is 32.2 Å². The van der Waals surface area contributed by atoms with Gasteiger partial charge in [-0.25, -0.2) is 0 Å². The Morgan fingerprint density at radius 2 is 1.93 bits per heavy atom. The monoisotopic (exact) mass is 197 g/mol. The molecule has 2 aliphatic rings. The number of piperazine rings is 1. The number of likely N-dealkylation sites (tertiary alicyclic amines) is 1. The molecule has 0 saturated carbocycles. The summed E-state index contributed by atoms with van der Waals surface area (Å²) in [5.74, 6) is 0.280. The number of hydrogen-bond donors (Lipinski definition) is 2. The van der Waals surface area contributed by atoms with E-state index in [9.17, 15) is 4.79 Å². The second kappa shape index (κ2) is 4.28. The highest BCUT2D eigenvalue weighted by Crippen LogP contribution is 2.09. The van der Waals surface area contributed by atoms with Crippen molar-refractivity contribution in [2.24, 2.45) is 0 Å². The highest BCUT2D eigenvalue weighted by Gasteiger charge is 2.28. The third-order valence-electron chi connectivity index (χ3n) is 3.06. The Morgan fingerprint density at radius 3 is 2.50 bits per heavy atom. The van der Waals surface area contributed by atoms with Crippen LogP contribution in [0.3, 0.4) is 0 Å². The van der Waals surface area contributed by atoms with Crippen molar-refractivity contribution in [3.8, 4) is 0 Å². The van der Waals surface area contributed by atoms with Gasteiger partial charge < -0.3 is 15.5 Å². The van der Waals surface area contributed by atoms with Crippen molar-refractivity contribution < 1.29 is 4.79 Å². The van der Waals surface area contributed by atoms with Crippen molar-refractivity contribution in [2.45, 2.75) is 31.8 Å². The number of amides is 1. The quantitative estimate of drug-likeness (QED) is 0.599. The summed E-state index contributed by atoms with van der Waals surface area (Å²) in [7, 11) is 0. The molecule has 4 heteroatoms. The first-order valence-corrected chi connectivity index (χ1v) is 5.53. The van der Waals surface area contributed by atoms with E-state index in [4.69, 9.17) is 0 Å². The van der Waals surface area contributed by atoms with Crippen LogP contribution in [0.25, 0.3) is 0 Å². The van der Waals surface area contributed by atoms with Gasteiger partial charge in [-0.05, 0) is 19.8 Å². The molecule has 2 unspecified atom stereocenters. The topological polar surface area (TPSA) is 44.4 Å². The van der Waals surface area contributed by atoms with Gasteiger partial charge in [-0.15, -0.1) is 0 Å². The van der Waals surface area contributed by atoms with Crippen LogP contribution < -0.4 is 10.6 Å². The zero-order valence-electron chi connectivity index (χ0n) is 8.75. The molecule has 1 amide bonds. The van der Waals surface area contributed by atoms with Gasteiger partial charge in [-0.2, -0.15) is 0 Å². The number of carbonyl (C=O) groups is 1. The maximum absolute atomic E-state index is 11.9. The van der Waals surface area contributed by atoms with Crippen molar-refractivity contribution in [2.75, 3.05) is 26.2 Å². The second-order valence-electron chi connectivity index (χ2n) is 4.30. The van der Waals surface area contributed by atoms with Crippen LogP contribution in [0.2, 0.25) is 0 Å². The molecule has 0 radical (unpaired) electrons. The van der Waals surface area contributed by atoms with Crippen LogP contribution in [0.5, 0.6) is 0 Å². The van der Waals surface area contributed by atoms with Crippen molar-refractivity contribution in [3.63, 3.8) is 0 Å². The van der Waals surface area contributed by atoms with Crippen LogP contribution in [-0.2, 0) is 4.79 Å². The Balaban J connectivity index is 1.85. The maximum atomic E-state index is 11.9. The zero-order valence-corrected chi connectivity index (χ0v) is 8.75. The van der Waals surface area contributed by atoms with Crippen molar-refractivity contribution in [1.29, 1.82) is 0 Å². The number of carbonyl (C=O) groups excluding carboxylic acids is 1. The largest absolute Gasteiger partial charge is 0.341 e. The van der Waals surface area contributed by atoms with Gasteiger partial charge in [-0.3, -0.25) is 4.79 Å². The molecule has 0 aromatic carbocycles. The van der Waals surface area contributed by atoms with Gasteiger partial charge in [0.1, 0.15) is 0 Å². The van der Waals surface area contributed by atoms with E-state index in [1.165, 1.54) is 12.8 Å². The van der Waals surface area contributed by atoms with Gasteiger partial charge in [0.25, 0.3) is 0 Å². The summed E-state index contributed by atoms with van der Waals surface area (Å²) in [4.78, 5) is 13.9. The second-order valence-corrected chi connectivity index (χ2v) is 4.30. The highest BCUT2D eigenvalue weighted by molar-refractivity contribution is 5.82. The molecule has 2 aliphatic heterocycles. The number of nitrogens with one attached hydrogen (secondary N) is 2. The van der Waals surface area contributed by atoms with E-state index in [1.54, 1.807) is 0 Å². The minimum atomic E-state index is 0.00398. The van der Waals surface area contributed by atoms with E-state index in [-0.39, 0.29) is 11.9 Å². The molecular formula is C10H19N3O. The third-order valence-corrected chi connectivity index (χ3v) is 3.06. The summed E-state index contributed by atoms with van der Waals surface area (Å²) in [6.45, 7) is 5.70. The minimum absolute atomic E-state index is 0.00398. The highest BCUT2D eigenvalue weighted by atomic mass is 16.2. The molecule has 2 rings (SSSR count). The van der Waals surface area contributed by atoms with Crippen LogP contribution in [-0.4, -0.2) is 49.1 Å². The fourth-order valence-corrected chi connectivity index (χ4v) is 2.11. The van der Waals surface area contributed by atoms with Gasteiger partial charge in [0.05, 0.1) is 6.04 Å². The molecule has 0 aliphatic carbocycles. The van der Waals surface area contributed by atoms with Crippen molar-refractivity contribution >= 4 is 5.91 Å². The Labute approximate surface area is 85.0 Å². The Kier molecular flexibility index (Phi) is 3.03. The molecule has 80 valence electrons. The van der Waals surface area contributed by atoms with Crippen LogP contribution in [0, 0.1) is 0 Å². The van der Waals surface area contributed by atoms with Crippen LogP contribution in [0.1, 0.15) is 19.8 Å². The standard InChI is InChI=1S/C10H19N3O/c1-8-6-12-9(7-11-8)10(14)13-4-2-3-5-13/h8-9,11-12H,2-7H2,1H3. The van der Waals surface area contributed by atoms with Crippen LogP contribution >= 0.6 is 0 Å². The molecular weight excluding hydrogens is 178 g/mol. The molecule has 2 fully saturated rings. The first kappa shape index (κ1) is 9.93. The number of hydrogen-bond acceptors (Lipinski definition) is 3. The fourth-order valence-electron chi connectivity index (χ4n) is 2.11. The van der Waals surface area contributed by atoms with Gasteiger partial charge in [0.2, 0.25) is 5.91 Å². The number of rotatable bonds is 1. The maximum Gasteiger partial charge on any atom is 0.241 e. The average Bonchev–Trinajstić information content (AvgIpc) is 2.71. The van der Waals surface area contributed by atoms with Gasteiger partial charge in [-0.1, -0.05) is 0 Å². The predicted molar refractivity (Wildman–Crippen MR) is 55.1 cm³/mol. The molecule has 0 aromatic heterocycles. The average molecular weight is 197 g/mol. The summed E-state index contributed by atoms with van der Waals surface area (Å²) in [6.07, 6.45) is 2.34. The summed E-state index contributed by atoms with van der Waals surface area (Å²) < 4.78 is 0. The van der Waals surface area contributed by atoms with Crippen LogP contribution in [0.15, 0.2) is 0 Å². The lowest BCUT2D eigenvalue weighted by atomic mass is 10.1. The summed E-state index contributed by atoms with van der Waals surface area (Å²) in [5.41, 5.74) is 0. The lowest BCUT2D eigenvalue weighted by molar-refractivity contribution is -0.132. The lowest BCUT2D eigenvalue weighted by Gasteiger charge is -2.30. The van der Waals surface area contributed by atoms with Crippen molar-refractivity contribution in [1.82, 2.24) is 15.5 Å². The van der Waals surface area contributed by atoms with E-state index in [0.29, 0.717) is 6.04 Å². The Morgan fingerprint density at radius 1 is 1.21 bits per heavy atom. The minimum Gasteiger partial charge on any atom is -0.341 e. The molecule has 2 heterocycles. The van der Waals surface area contributed by atoms with E-state index < -0.39 is 0 Å². The Bertz CT molecular complexity index is 205. The van der Waals surface area contributed by atoms with Gasteiger partial charge in [0.15, 0.2) is 0 Å². The summed E-state index contributed by atoms with van der Waals surface area (Å²) in [6, 6.07) is 0.488. The van der Waals surface area contributed by atoms with Crippen LogP contribution in [0.4, 0.5) is 0 Å². The molecule has 2 atom stereocenters. The first-order chi connectivity index (χ1) is 6.77. The molecule has 4 nitrogen and oxygen atoms in total. The van der Waals surface area contributed by atoms with E-state index in [1.807, 2.05) is 4.90 Å². The fraction of sp³-hybridized carbons (Fsp3) is 0.900. The third kappa shape index (κ3) is 2.07.